The summed E-state index contributed by atoms with van der Waals surface area (Å²) in [7, 11) is 1.53. The molecule has 0 atom stereocenters. The smallest absolute Gasteiger partial charge is 0.481 e. The lowest BCUT2D eigenvalue weighted by Crippen LogP contribution is -2.41. The van der Waals surface area contributed by atoms with E-state index < -0.39 is 18.0 Å². The average molecular weight is 530 g/mol. The third-order valence-corrected chi connectivity index (χ3v) is 5.87. The first kappa shape index (κ1) is 27.1. The largest absolute Gasteiger partial charge is 0.573 e. The molecule has 4 rings (SSSR count). The normalized spacial score (nSPS) is 14.1. The van der Waals surface area contributed by atoms with Gasteiger partial charge in [-0.1, -0.05) is 24.3 Å². The molecule has 8 nitrogen and oxygen atoms in total. The van der Waals surface area contributed by atoms with E-state index in [2.05, 4.69) is 15.0 Å². The number of hydrogen-bond donors (Lipinski definition) is 1. The van der Waals surface area contributed by atoms with Crippen LogP contribution in [0.15, 0.2) is 60.8 Å². The summed E-state index contributed by atoms with van der Waals surface area (Å²) in [6.07, 6.45) is -3.27. The van der Waals surface area contributed by atoms with Gasteiger partial charge >= 0.3 is 6.36 Å². The van der Waals surface area contributed by atoms with Gasteiger partial charge in [0.05, 0.1) is 32.6 Å². The highest BCUT2D eigenvalue weighted by Gasteiger charge is 2.32. The first-order chi connectivity index (χ1) is 18.2. The Kier molecular flexibility index (Phi) is 8.59. The molecule has 11 heteroatoms. The standard InChI is InChI=1S/C27H26F3N3O5/c1-36-26-9-7-21(16-31-26)19-4-2-18(3-5-19)14-23(34)20-6-8-24(38-27(28,29)30)22(15-20)32-25(35)17-33-10-12-37-13-11-33/h2-9,15-16H,10-14,17H2,1H3,(H,32,35). The monoisotopic (exact) mass is 529 g/mol. The highest BCUT2D eigenvalue weighted by atomic mass is 19.4. The Balaban J connectivity index is 1.47. The zero-order valence-corrected chi connectivity index (χ0v) is 20.6. The second-order valence-corrected chi connectivity index (χ2v) is 8.58. The molecule has 0 spiro atoms. The molecular weight excluding hydrogens is 503 g/mol. The number of hydrogen-bond acceptors (Lipinski definition) is 7. The van der Waals surface area contributed by atoms with Crippen molar-refractivity contribution >= 4 is 17.4 Å². The molecule has 1 N–H and O–H groups in total. The molecule has 1 aliphatic heterocycles. The topological polar surface area (TPSA) is 90.0 Å². The molecule has 0 saturated carbocycles. The number of alkyl halides is 3. The van der Waals surface area contributed by atoms with Crippen LogP contribution in [0.25, 0.3) is 11.1 Å². The van der Waals surface area contributed by atoms with Crippen LogP contribution in [-0.2, 0) is 16.0 Å². The fourth-order valence-corrected chi connectivity index (χ4v) is 3.94. The lowest BCUT2D eigenvalue weighted by atomic mass is 9.99. The Bertz CT molecular complexity index is 1260. The number of aromatic nitrogens is 1. The molecular formula is C27H26F3N3O5. The summed E-state index contributed by atoms with van der Waals surface area (Å²) in [6.45, 7) is 1.98. The number of amides is 1. The molecule has 1 aliphatic rings. The number of carbonyl (C=O) groups excluding carboxylic acids is 2. The van der Waals surface area contributed by atoms with Crippen molar-refractivity contribution in [2.24, 2.45) is 0 Å². The summed E-state index contributed by atoms with van der Waals surface area (Å²) in [5.41, 5.74) is 2.41. The number of halogens is 3. The Morgan fingerprint density at radius 2 is 1.74 bits per heavy atom. The Morgan fingerprint density at radius 1 is 1.03 bits per heavy atom. The summed E-state index contributed by atoms with van der Waals surface area (Å²) in [6, 6.07) is 14.4. The Hall–Kier alpha value is -3.96. The van der Waals surface area contributed by atoms with Gasteiger partial charge in [-0.25, -0.2) is 4.98 Å². The van der Waals surface area contributed by atoms with Crippen LogP contribution in [0.4, 0.5) is 18.9 Å². The second-order valence-electron chi connectivity index (χ2n) is 8.58. The van der Waals surface area contributed by atoms with Gasteiger partial charge in [-0.3, -0.25) is 14.5 Å². The number of benzene rings is 2. The first-order valence-electron chi connectivity index (χ1n) is 11.8. The summed E-state index contributed by atoms with van der Waals surface area (Å²) >= 11 is 0. The minimum Gasteiger partial charge on any atom is -0.481 e. The van der Waals surface area contributed by atoms with Crippen LogP contribution in [0.1, 0.15) is 15.9 Å². The molecule has 2 aromatic carbocycles. The van der Waals surface area contributed by atoms with E-state index in [1.807, 2.05) is 23.1 Å². The number of Topliss-reactive ketones (excluding diaryl/α,β-unsaturated/α-hetero) is 1. The van der Waals surface area contributed by atoms with Crippen LogP contribution in [0.5, 0.6) is 11.6 Å². The number of carbonyl (C=O) groups is 2. The van der Waals surface area contributed by atoms with Gasteiger partial charge in [-0.2, -0.15) is 0 Å². The van der Waals surface area contributed by atoms with Gasteiger partial charge in [0.2, 0.25) is 11.8 Å². The van der Waals surface area contributed by atoms with E-state index in [-0.39, 0.29) is 30.0 Å². The molecule has 200 valence electrons. The zero-order chi connectivity index (χ0) is 27.1. The average Bonchev–Trinajstić information content (AvgIpc) is 2.90. The van der Waals surface area contributed by atoms with Gasteiger partial charge in [0, 0.05) is 42.9 Å². The number of methoxy groups -OCH3 is 1. The third kappa shape index (κ3) is 7.53. The van der Waals surface area contributed by atoms with Gasteiger partial charge in [0.1, 0.15) is 0 Å². The number of nitrogens with one attached hydrogen (secondary N) is 1. The van der Waals surface area contributed by atoms with E-state index in [0.717, 1.165) is 17.2 Å². The van der Waals surface area contributed by atoms with Gasteiger partial charge in [0.25, 0.3) is 0 Å². The molecule has 0 aliphatic carbocycles. The summed E-state index contributed by atoms with van der Waals surface area (Å²) in [5, 5.41) is 2.46. The van der Waals surface area contributed by atoms with Crippen molar-refractivity contribution in [2.45, 2.75) is 12.8 Å². The number of nitrogens with zero attached hydrogens (tertiary/aromatic N) is 2. The molecule has 0 bridgehead atoms. The lowest BCUT2D eigenvalue weighted by molar-refractivity contribution is -0.274. The lowest BCUT2D eigenvalue weighted by Gasteiger charge is -2.26. The molecule has 1 fully saturated rings. The zero-order valence-electron chi connectivity index (χ0n) is 20.6. The third-order valence-electron chi connectivity index (χ3n) is 5.87. The van der Waals surface area contributed by atoms with Gasteiger partial charge in [0.15, 0.2) is 11.5 Å². The van der Waals surface area contributed by atoms with Gasteiger partial charge < -0.3 is 19.5 Å². The molecule has 38 heavy (non-hydrogen) atoms. The quantitative estimate of drug-likeness (QED) is 0.412. The fourth-order valence-electron chi connectivity index (χ4n) is 3.94. The maximum atomic E-state index is 13.0. The Morgan fingerprint density at radius 3 is 2.37 bits per heavy atom. The number of ketones is 1. The van der Waals surface area contributed by atoms with Crippen molar-refractivity contribution in [3.8, 4) is 22.8 Å². The molecule has 1 aromatic heterocycles. The van der Waals surface area contributed by atoms with Gasteiger partial charge in [-0.05, 0) is 35.4 Å². The van der Waals surface area contributed by atoms with E-state index in [0.29, 0.717) is 37.7 Å². The maximum absolute atomic E-state index is 13.0. The predicted molar refractivity (Wildman–Crippen MR) is 133 cm³/mol. The van der Waals surface area contributed by atoms with E-state index in [1.165, 1.54) is 19.2 Å². The predicted octanol–water partition coefficient (Wildman–Crippen LogP) is 4.35. The van der Waals surface area contributed by atoms with Crippen LogP contribution in [0.3, 0.4) is 0 Å². The van der Waals surface area contributed by atoms with Crippen LogP contribution in [-0.4, -0.2) is 67.9 Å². The molecule has 0 unspecified atom stereocenters. The highest BCUT2D eigenvalue weighted by molar-refractivity contribution is 6.00. The highest BCUT2D eigenvalue weighted by Crippen LogP contribution is 2.32. The first-order valence-corrected chi connectivity index (χ1v) is 11.8. The molecule has 3 aromatic rings. The summed E-state index contributed by atoms with van der Waals surface area (Å²) < 4.78 is 53.2. The van der Waals surface area contributed by atoms with Crippen LogP contribution >= 0.6 is 0 Å². The number of anilines is 1. The van der Waals surface area contributed by atoms with E-state index >= 15 is 0 Å². The van der Waals surface area contributed by atoms with Crippen LogP contribution < -0.4 is 14.8 Å². The van der Waals surface area contributed by atoms with Crippen LogP contribution in [0, 0.1) is 0 Å². The van der Waals surface area contributed by atoms with Crippen molar-refractivity contribution in [1.82, 2.24) is 9.88 Å². The maximum Gasteiger partial charge on any atom is 0.573 e. The molecule has 1 amide bonds. The van der Waals surface area contributed by atoms with Crippen molar-refractivity contribution in [2.75, 3.05) is 45.3 Å². The second kappa shape index (κ2) is 12.1. The van der Waals surface area contributed by atoms with E-state index in [4.69, 9.17) is 9.47 Å². The van der Waals surface area contributed by atoms with E-state index in [1.54, 1.807) is 24.4 Å². The van der Waals surface area contributed by atoms with Crippen molar-refractivity contribution in [1.29, 1.82) is 0 Å². The SMILES string of the molecule is COc1ccc(-c2ccc(CC(=O)c3ccc(OC(F)(F)F)c(NC(=O)CN4CCOCC4)c3)cc2)cn1. The Labute approximate surface area is 217 Å². The summed E-state index contributed by atoms with van der Waals surface area (Å²) in [5.74, 6) is -0.945. The fraction of sp³-hybridized carbons (Fsp3) is 0.296. The van der Waals surface area contributed by atoms with Crippen molar-refractivity contribution < 1.29 is 37.0 Å². The van der Waals surface area contributed by atoms with Gasteiger partial charge in [-0.15, -0.1) is 13.2 Å². The minimum atomic E-state index is -4.96. The summed E-state index contributed by atoms with van der Waals surface area (Å²) in [4.78, 5) is 31.5. The molecule has 0 radical (unpaired) electrons. The number of morpholine rings is 1. The number of pyridine rings is 1. The minimum absolute atomic E-state index is 0.0157. The molecule has 1 saturated heterocycles. The number of ether oxygens (including phenoxy) is 3. The number of rotatable bonds is 9. The van der Waals surface area contributed by atoms with Crippen LogP contribution in [0.2, 0.25) is 0 Å². The molecule has 2 heterocycles. The van der Waals surface area contributed by atoms with E-state index in [9.17, 15) is 22.8 Å². The van der Waals surface area contributed by atoms with Crippen molar-refractivity contribution in [3.63, 3.8) is 0 Å². The van der Waals surface area contributed by atoms with Crippen molar-refractivity contribution in [3.05, 3.63) is 71.9 Å².